The van der Waals surface area contributed by atoms with Crippen molar-refractivity contribution in [3.8, 4) is 0 Å². The van der Waals surface area contributed by atoms with Gasteiger partial charge in [0.25, 0.3) is 0 Å². The number of carbonyl (C=O) groups is 1. The van der Waals surface area contributed by atoms with Gasteiger partial charge in [-0.25, -0.2) is 9.97 Å². The predicted molar refractivity (Wildman–Crippen MR) is 55.9 cm³/mol. The number of rotatable bonds is 2. The summed E-state index contributed by atoms with van der Waals surface area (Å²) in [6.07, 6.45) is -3.79. The summed E-state index contributed by atoms with van der Waals surface area (Å²) in [6.45, 7) is 0. The number of aliphatic carboxylic acids is 1. The Hall–Kier alpha value is -2.18. The summed E-state index contributed by atoms with van der Waals surface area (Å²) in [6, 6.07) is 2.97. The summed E-state index contributed by atoms with van der Waals surface area (Å²) in [7, 11) is 0. The van der Waals surface area contributed by atoms with Gasteiger partial charge in [0.05, 0.1) is 23.2 Å². The lowest BCUT2D eigenvalue weighted by Gasteiger charge is -2.08. The fourth-order valence-corrected chi connectivity index (χ4v) is 1.57. The summed E-state index contributed by atoms with van der Waals surface area (Å²) in [5, 5.41) is 8.78. The van der Waals surface area contributed by atoms with Crippen molar-refractivity contribution >= 4 is 16.9 Å². The molecule has 2 aromatic rings. The number of hydrogen-bond donors (Lipinski definition) is 1. The van der Waals surface area contributed by atoms with Crippen LogP contribution in [-0.2, 0) is 17.4 Å². The molecule has 0 atom stereocenters. The number of nitrogens with zero attached hydrogens (tertiary/aromatic N) is 2. The van der Waals surface area contributed by atoms with E-state index in [0.29, 0.717) is 0 Å². The highest BCUT2D eigenvalue weighted by Crippen LogP contribution is 2.31. The van der Waals surface area contributed by atoms with E-state index in [2.05, 4.69) is 9.97 Å². The van der Waals surface area contributed by atoms with Crippen LogP contribution in [0.5, 0.6) is 0 Å². The molecular formula is C11H7F3N2O2. The number of fused-ring (bicyclic) bond motifs is 1. The molecule has 0 saturated heterocycles. The zero-order valence-electron chi connectivity index (χ0n) is 8.90. The van der Waals surface area contributed by atoms with Crippen LogP contribution >= 0.6 is 0 Å². The maximum Gasteiger partial charge on any atom is 0.416 e. The van der Waals surface area contributed by atoms with Crippen LogP contribution in [-0.4, -0.2) is 21.0 Å². The molecule has 0 aliphatic carbocycles. The normalized spacial score (nSPS) is 11.7. The monoisotopic (exact) mass is 256 g/mol. The Bertz CT molecular complexity index is 611. The molecule has 1 N–H and O–H groups in total. The topological polar surface area (TPSA) is 63.1 Å². The molecule has 2 rings (SSSR count). The van der Waals surface area contributed by atoms with Gasteiger partial charge in [0.1, 0.15) is 6.33 Å². The summed E-state index contributed by atoms with van der Waals surface area (Å²) in [5.74, 6) is -1.16. The Balaban J connectivity index is 2.62. The van der Waals surface area contributed by atoms with Crippen LogP contribution in [0.15, 0.2) is 24.5 Å². The highest BCUT2D eigenvalue weighted by molar-refractivity contribution is 5.85. The summed E-state index contributed by atoms with van der Waals surface area (Å²) >= 11 is 0. The molecule has 4 nitrogen and oxygen atoms in total. The molecule has 0 amide bonds. The van der Waals surface area contributed by atoms with E-state index in [1.165, 1.54) is 6.07 Å². The van der Waals surface area contributed by atoms with E-state index in [1.807, 2.05) is 0 Å². The van der Waals surface area contributed by atoms with Crippen LogP contribution in [0.3, 0.4) is 0 Å². The first-order valence-electron chi connectivity index (χ1n) is 4.90. The van der Waals surface area contributed by atoms with E-state index in [4.69, 9.17) is 5.11 Å². The molecule has 1 heterocycles. The quantitative estimate of drug-likeness (QED) is 0.895. The lowest BCUT2D eigenvalue weighted by molar-refractivity contribution is -0.137. The molecule has 0 unspecified atom stereocenters. The minimum Gasteiger partial charge on any atom is -0.481 e. The standard InChI is InChI=1S/C11H7F3N2O2/c12-11(13,14)6-1-2-8-7(3-6)9(4-10(17)18)16-5-15-8/h1-3,5H,4H2,(H,17,18). The van der Waals surface area contributed by atoms with Gasteiger partial charge in [0, 0.05) is 5.39 Å². The molecule has 0 bridgehead atoms. The minimum absolute atomic E-state index is 0.0681. The Morgan fingerprint density at radius 2 is 2.00 bits per heavy atom. The zero-order valence-corrected chi connectivity index (χ0v) is 8.90. The van der Waals surface area contributed by atoms with Gasteiger partial charge in [-0.05, 0) is 18.2 Å². The van der Waals surface area contributed by atoms with Crippen molar-refractivity contribution in [3.05, 3.63) is 35.8 Å². The third kappa shape index (κ3) is 2.39. The highest BCUT2D eigenvalue weighted by atomic mass is 19.4. The maximum absolute atomic E-state index is 12.6. The number of aromatic nitrogens is 2. The van der Waals surface area contributed by atoms with Crippen molar-refractivity contribution in [1.29, 1.82) is 0 Å². The van der Waals surface area contributed by atoms with E-state index in [0.717, 1.165) is 18.5 Å². The predicted octanol–water partition coefficient (Wildman–Crippen LogP) is 2.28. The third-order valence-corrected chi connectivity index (χ3v) is 2.36. The van der Waals surface area contributed by atoms with Crippen molar-refractivity contribution in [1.82, 2.24) is 9.97 Å². The van der Waals surface area contributed by atoms with E-state index in [9.17, 15) is 18.0 Å². The molecule has 0 aliphatic heterocycles. The van der Waals surface area contributed by atoms with E-state index >= 15 is 0 Å². The van der Waals surface area contributed by atoms with E-state index in [-0.39, 0.29) is 16.6 Å². The fourth-order valence-electron chi connectivity index (χ4n) is 1.57. The minimum atomic E-state index is -4.48. The fraction of sp³-hybridized carbons (Fsp3) is 0.182. The number of alkyl halides is 3. The third-order valence-electron chi connectivity index (χ3n) is 2.36. The molecule has 0 spiro atoms. The number of carboxylic acid groups (broad SMARTS) is 1. The Labute approximate surface area is 99.1 Å². The molecule has 18 heavy (non-hydrogen) atoms. The second-order valence-electron chi connectivity index (χ2n) is 3.62. The van der Waals surface area contributed by atoms with Crippen LogP contribution in [0, 0.1) is 0 Å². The molecular weight excluding hydrogens is 249 g/mol. The van der Waals surface area contributed by atoms with Crippen LogP contribution in [0.2, 0.25) is 0 Å². The number of benzene rings is 1. The summed E-state index contributed by atoms with van der Waals surface area (Å²) < 4.78 is 37.7. The van der Waals surface area contributed by atoms with Gasteiger partial charge in [-0.2, -0.15) is 13.2 Å². The molecule has 0 aliphatic rings. The van der Waals surface area contributed by atoms with Crippen molar-refractivity contribution in [2.75, 3.05) is 0 Å². The van der Waals surface area contributed by atoms with Gasteiger partial charge in [-0.15, -0.1) is 0 Å². The zero-order chi connectivity index (χ0) is 13.3. The first-order chi connectivity index (χ1) is 8.38. The Morgan fingerprint density at radius 3 is 2.61 bits per heavy atom. The van der Waals surface area contributed by atoms with E-state index < -0.39 is 24.1 Å². The lowest BCUT2D eigenvalue weighted by Crippen LogP contribution is -2.07. The highest BCUT2D eigenvalue weighted by Gasteiger charge is 2.30. The molecule has 7 heteroatoms. The summed E-state index contributed by atoms with van der Waals surface area (Å²) in [5.41, 5.74) is -0.496. The second kappa shape index (κ2) is 4.25. The van der Waals surface area contributed by atoms with Crippen LogP contribution in [0.1, 0.15) is 11.3 Å². The van der Waals surface area contributed by atoms with Crippen molar-refractivity contribution in [3.63, 3.8) is 0 Å². The first-order valence-corrected chi connectivity index (χ1v) is 4.90. The average Bonchev–Trinajstić information content (AvgIpc) is 2.27. The van der Waals surface area contributed by atoms with Gasteiger partial charge in [-0.3, -0.25) is 4.79 Å². The molecule has 0 fully saturated rings. The molecule has 0 radical (unpaired) electrons. The molecule has 0 saturated carbocycles. The van der Waals surface area contributed by atoms with Gasteiger partial charge < -0.3 is 5.11 Å². The van der Waals surface area contributed by atoms with Crippen molar-refractivity contribution in [2.45, 2.75) is 12.6 Å². The molecule has 1 aromatic carbocycles. The van der Waals surface area contributed by atoms with Gasteiger partial charge >= 0.3 is 12.1 Å². The second-order valence-corrected chi connectivity index (χ2v) is 3.62. The lowest BCUT2D eigenvalue weighted by atomic mass is 10.1. The van der Waals surface area contributed by atoms with E-state index in [1.54, 1.807) is 0 Å². The SMILES string of the molecule is O=C(O)Cc1ncnc2ccc(C(F)(F)F)cc12. The average molecular weight is 256 g/mol. The number of carboxylic acids is 1. The maximum atomic E-state index is 12.6. The summed E-state index contributed by atoms with van der Waals surface area (Å²) in [4.78, 5) is 18.1. The van der Waals surface area contributed by atoms with Crippen molar-refractivity contribution in [2.24, 2.45) is 0 Å². The Morgan fingerprint density at radius 1 is 1.28 bits per heavy atom. The van der Waals surface area contributed by atoms with Crippen LogP contribution < -0.4 is 0 Å². The van der Waals surface area contributed by atoms with Crippen LogP contribution in [0.25, 0.3) is 10.9 Å². The Kier molecular flexibility index (Phi) is 2.90. The number of hydrogen-bond acceptors (Lipinski definition) is 3. The van der Waals surface area contributed by atoms with Crippen LogP contribution in [0.4, 0.5) is 13.2 Å². The largest absolute Gasteiger partial charge is 0.481 e. The van der Waals surface area contributed by atoms with Gasteiger partial charge in [0.2, 0.25) is 0 Å². The molecule has 1 aromatic heterocycles. The van der Waals surface area contributed by atoms with Gasteiger partial charge in [0.15, 0.2) is 0 Å². The smallest absolute Gasteiger partial charge is 0.416 e. The molecule has 94 valence electrons. The van der Waals surface area contributed by atoms with Gasteiger partial charge in [-0.1, -0.05) is 0 Å². The number of halogens is 3. The first kappa shape index (κ1) is 12.3. The van der Waals surface area contributed by atoms with Crippen molar-refractivity contribution < 1.29 is 23.1 Å².